The molecular formula is C49H63N11O3. The Balaban J connectivity index is 0.673. The number of rotatable bonds is 17. The number of carbonyl (C=O) groups excluding carboxylic acids is 2. The van der Waals surface area contributed by atoms with Crippen LogP contribution in [0.4, 0.5) is 11.5 Å². The van der Waals surface area contributed by atoms with Crippen molar-refractivity contribution in [2.75, 3.05) is 83.0 Å². The molecule has 3 saturated heterocycles. The average Bonchev–Trinajstić information content (AvgIpc) is 3.89. The Labute approximate surface area is 371 Å². The van der Waals surface area contributed by atoms with E-state index in [4.69, 9.17) is 15.6 Å². The van der Waals surface area contributed by atoms with Gasteiger partial charge in [0.2, 0.25) is 5.91 Å². The number of unbranched alkanes of at least 4 members (excludes halogenated alkanes) is 3. The number of nitrogen functional groups attached to an aromatic ring is 1. The third-order valence-corrected chi connectivity index (χ3v) is 13.5. The normalized spacial score (nSPS) is 19.7. The van der Waals surface area contributed by atoms with Gasteiger partial charge in [-0.15, -0.1) is 0 Å². The second kappa shape index (κ2) is 20.3. The van der Waals surface area contributed by atoms with Crippen LogP contribution in [-0.2, 0) is 11.3 Å². The van der Waals surface area contributed by atoms with Gasteiger partial charge in [0.05, 0.1) is 11.4 Å². The Morgan fingerprint density at radius 2 is 1.57 bits per heavy atom. The van der Waals surface area contributed by atoms with E-state index in [1.165, 1.54) is 31.2 Å². The summed E-state index contributed by atoms with van der Waals surface area (Å²) in [6, 6.07) is 24.0. The fourth-order valence-electron chi connectivity index (χ4n) is 9.94. The lowest BCUT2D eigenvalue weighted by Gasteiger charge is -2.35. The molecular weight excluding hydrogens is 791 g/mol. The minimum atomic E-state index is -0.00252. The molecule has 14 nitrogen and oxygen atoms in total. The predicted octanol–water partition coefficient (Wildman–Crippen LogP) is 6.81. The topological polar surface area (TPSA) is 150 Å². The van der Waals surface area contributed by atoms with Gasteiger partial charge in [-0.25, -0.2) is 14.6 Å². The summed E-state index contributed by atoms with van der Waals surface area (Å²) >= 11 is 0. The van der Waals surface area contributed by atoms with E-state index in [2.05, 4.69) is 41.4 Å². The van der Waals surface area contributed by atoms with Crippen molar-refractivity contribution >= 4 is 34.4 Å². The van der Waals surface area contributed by atoms with Crippen LogP contribution in [0.2, 0.25) is 0 Å². The van der Waals surface area contributed by atoms with E-state index < -0.39 is 0 Å². The molecule has 4 aliphatic heterocycles. The number of ether oxygens (including phenoxy) is 1. The number of fused-ring (bicyclic) bond motifs is 2. The highest BCUT2D eigenvalue weighted by Gasteiger charge is 2.35. The SMILES string of the molecule is Nc1ncnc2c1c(-c1ccc(Oc3ccccc3)cc1)nn2[C@@H]1CCCN(C(=O)CCCN2CCN(CCCCCCNc3cccc4c3CN(C3CCCNC3)C4=O)CC2)C1. The number of hydrogen-bond acceptors (Lipinski definition) is 11. The molecule has 3 aromatic carbocycles. The van der Waals surface area contributed by atoms with Crippen molar-refractivity contribution in [2.45, 2.75) is 82.8 Å². The first-order chi connectivity index (χ1) is 31.0. The molecule has 0 aliphatic carbocycles. The van der Waals surface area contributed by atoms with E-state index in [1.807, 2.05) is 76.3 Å². The second-order valence-electron chi connectivity index (χ2n) is 17.7. The van der Waals surface area contributed by atoms with Crippen LogP contribution in [-0.4, -0.2) is 129 Å². The van der Waals surface area contributed by atoms with Crippen LogP contribution in [0.5, 0.6) is 11.5 Å². The summed E-state index contributed by atoms with van der Waals surface area (Å²) in [6.07, 6.45) is 11.7. The van der Waals surface area contributed by atoms with E-state index in [-0.39, 0.29) is 17.9 Å². The zero-order valence-corrected chi connectivity index (χ0v) is 36.6. The fraction of sp³-hybridized carbons (Fsp3) is 0.490. The average molecular weight is 854 g/mol. The van der Waals surface area contributed by atoms with Crippen molar-refractivity contribution in [1.82, 2.24) is 44.7 Å². The molecule has 2 atom stereocenters. The molecule has 14 heteroatoms. The predicted molar refractivity (Wildman–Crippen MR) is 248 cm³/mol. The molecule has 4 N–H and O–H groups in total. The van der Waals surface area contributed by atoms with E-state index in [9.17, 15) is 9.59 Å². The first-order valence-corrected chi connectivity index (χ1v) is 23.4. The summed E-state index contributed by atoms with van der Waals surface area (Å²) in [5, 5.41) is 12.9. The summed E-state index contributed by atoms with van der Waals surface area (Å²) < 4.78 is 7.98. The van der Waals surface area contributed by atoms with Gasteiger partial charge < -0.3 is 40.7 Å². The van der Waals surface area contributed by atoms with Gasteiger partial charge in [-0.05, 0) is 113 Å². The number of para-hydroxylation sites is 1. The fourth-order valence-corrected chi connectivity index (χ4v) is 9.94. The van der Waals surface area contributed by atoms with Crippen LogP contribution < -0.4 is 21.1 Å². The Kier molecular flexibility index (Phi) is 13.8. The molecule has 0 radical (unpaired) electrons. The number of nitrogens with two attached hydrogens (primary N) is 1. The van der Waals surface area contributed by atoms with Gasteiger partial charge in [-0.1, -0.05) is 37.1 Å². The van der Waals surface area contributed by atoms with Crippen molar-refractivity contribution in [1.29, 1.82) is 0 Å². The molecule has 0 bridgehead atoms. The minimum absolute atomic E-state index is 0.00252. The zero-order chi connectivity index (χ0) is 43.0. The van der Waals surface area contributed by atoms with E-state index in [0.717, 1.165) is 150 Å². The van der Waals surface area contributed by atoms with Gasteiger partial charge in [0.25, 0.3) is 5.91 Å². The molecule has 3 fully saturated rings. The zero-order valence-electron chi connectivity index (χ0n) is 36.6. The van der Waals surface area contributed by atoms with Gasteiger partial charge >= 0.3 is 0 Å². The van der Waals surface area contributed by atoms with Gasteiger partial charge in [0, 0.05) is 93.7 Å². The molecule has 4 aliphatic rings. The highest BCUT2D eigenvalue weighted by molar-refractivity contribution is 6.00. The molecule has 0 saturated carbocycles. The maximum absolute atomic E-state index is 13.6. The van der Waals surface area contributed by atoms with Crippen LogP contribution >= 0.6 is 0 Å². The second-order valence-corrected chi connectivity index (χ2v) is 17.7. The summed E-state index contributed by atoms with van der Waals surface area (Å²) in [6.45, 7) is 11.4. The molecule has 63 heavy (non-hydrogen) atoms. The number of benzene rings is 3. The number of hydrogen-bond donors (Lipinski definition) is 3. The summed E-state index contributed by atoms with van der Waals surface area (Å²) in [5.41, 5.74) is 11.9. The first kappa shape index (κ1) is 42.7. The van der Waals surface area contributed by atoms with Crippen molar-refractivity contribution in [3.8, 4) is 22.8 Å². The number of nitrogens with zero attached hydrogens (tertiary/aromatic N) is 8. The molecule has 5 aromatic rings. The number of anilines is 2. The number of aromatic nitrogens is 4. The minimum Gasteiger partial charge on any atom is -0.457 e. The lowest BCUT2D eigenvalue weighted by atomic mass is 10.0. The Hall–Kier alpha value is -5.57. The maximum Gasteiger partial charge on any atom is 0.254 e. The van der Waals surface area contributed by atoms with E-state index in [0.29, 0.717) is 30.5 Å². The summed E-state index contributed by atoms with van der Waals surface area (Å²) in [5.74, 6) is 2.31. The highest BCUT2D eigenvalue weighted by atomic mass is 16.5. The Bertz CT molecular complexity index is 2310. The molecule has 1 unspecified atom stereocenters. The molecule has 6 heterocycles. The Morgan fingerprint density at radius 3 is 2.37 bits per heavy atom. The third-order valence-electron chi connectivity index (χ3n) is 13.5. The number of piperidine rings is 2. The lowest BCUT2D eigenvalue weighted by Crippen LogP contribution is -2.47. The maximum atomic E-state index is 13.6. The molecule has 2 aromatic heterocycles. The quantitative estimate of drug-likeness (QED) is 0.0848. The lowest BCUT2D eigenvalue weighted by molar-refractivity contribution is -0.133. The number of nitrogens with one attached hydrogen (secondary N) is 2. The monoisotopic (exact) mass is 854 g/mol. The van der Waals surface area contributed by atoms with Gasteiger partial charge in [0.15, 0.2) is 5.65 Å². The first-order valence-electron chi connectivity index (χ1n) is 23.4. The number of likely N-dealkylation sites (tertiary alicyclic amines) is 1. The number of piperazine rings is 1. The highest BCUT2D eigenvalue weighted by Crippen LogP contribution is 2.36. The standard InChI is InChI=1S/C49H63N11O3/c50-47-45-46(36-19-21-40(22-20-36)63-39-14-4-3-5-15-39)55-60(48(45)54-35-53-47)38-13-10-27-58(33-38)44(61)18-11-26-57-30-28-56(29-31-57)25-7-2-1-6-24-52-43-17-8-16-41-42(43)34-59(49(41)62)37-12-9-23-51-32-37/h3-5,8,14-17,19-22,35,37-38,51-52H,1-2,6-7,9-13,18,23-34H2,(H2,50,53,54)/t37?,38-/m1/s1. The van der Waals surface area contributed by atoms with Crippen LogP contribution in [0.25, 0.3) is 22.3 Å². The van der Waals surface area contributed by atoms with Crippen LogP contribution in [0.15, 0.2) is 79.1 Å². The van der Waals surface area contributed by atoms with E-state index >= 15 is 0 Å². The van der Waals surface area contributed by atoms with Crippen LogP contribution in [0, 0.1) is 0 Å². The van der Waals surface area contributed by atoms with Gasteiger partial charge in [-0.2, -0.15) is 5.10 Å². The number of amides is 2. The number of carbonyl (C=O) groups is 2. The van der Waals surface area contributed by atoms with E-state index in [1.54, 1.807) is 0 Å². The summed E-state index contributed by atoms with van der Waals surface area (Å²) in [7, 11) is 0. The van der Waals surface area contributed by atoms with Gasteiger partial charge in [-0.3, -0.25) is 9.59 Å². The molecule has 2 amide bonds. The van der Waals surface area contributed by atoms with Crippen molar-refractivity contribution in [3.05, 3.63) is 90.3 Å². The molecule has 9 rings (SSSR count). The Morgan fingerprint density at radius 1 is 0.810 bits per heavy atom. The van der Waals surface area contributed by atoms with Crippen molar-refractivity contribution < 1.29 is 14.3 Å². The largest absolute Gasteiger partial charge is 0.457 e. The third kappa shape index (κ3) is 10.1. The van der Waals surface area contributed by atoms with Crippen molar-refractivity contribution in [2.24, 2.45) is 0 Å². The summed E-state index contributed by atoms with van der Waals surface area (Å²) in [4.78, 5) is 44.9. The van der Waals surface area contributed by atoms with Crippen LogP contribution in [0.3, 0.4) is 0 Å². The molecule has 0 spiro atoms. The molecule has 332 valence electrons. The van der Waals surface area contributed by atoms with Crippen molar-refractivity contribution in [3.63, 3.8) is 0 Å². The smallest absolute Gasteiger partial charge is 0.254 e. The van der Waals surface area contributed by atoms with Gasteiger partial charge in [0.1, 0.15) is 29.3 Å². The van der Waals surface area contributed by atoms with Crippen LogP contribution in [0.1, 0.15) is 86.2 Å².